The van der Waals surface area contributed by atoms with Gasteiger partial charge in [0.2, 0.25) is 0 Å². The summed E-state index contributed by atoms with van der Waals surface area (Å²) in [7, 11) is 0. The minimum Gasteiger partial charge on any atom is -0.455 e. The fourth-order valence-electron chi connectivity index (χ4n) is 1.85. The Kier molecular flexibility index (Phi) is 6.19. The molecule has 0 unspecified atom stereocenters. The molecule has 5 heteroatoms. The smallest absolute Gasteiger partial charge is 0.146 e. The molecule has 0 aromatic heterocycles. The van der Waals surface area contributed by atoms with E-state index in [0.717, 1.165) is 18.5 Å². The highest BCUT2D eigenvalue weighted by atomic mass is 35.5. The molecule has 0 saturated heterocycles. The van der Waals surface area contributed by atoms with Gasteiger partial charge in [0.25, 0.3) is 0 Å². The number of benzene rings is 2. The lowest BCUT2D eigenvalue weighted by Gasteiger charge is -2.13. The van der Waals surface area contributed by atoms with Crippen LogP contribution in [0.1, 0.15) is 18.9 Å². The molecule has 0 atom stereocenters. The van der Waals surface area contributed by atoms with Crippen LogP contribution >= 0.6 is 34.8 Å². The van der Waals surface area contributed by atoms with Crippen molar-refractivity contribution in [3.05, 3.63) is 57.0 Å². The Bertz CT molecular complexity index is 616. The summed E-state index contributed by atoms with van der Waals surface area (Å²) in [5.41, 5.74) is 1.03. The van der Waals surface area contributed by atoms with E-state index in [4.69, 9.17) is 39.5 Å². The third-order valence-corrected chi connectivity index (χ3v) is 3.65. The minimum atomic E-state index is 0.468. The molecule has 0 amide bonds. The number of hydrogen-bond donors (Lipinski definition) is 1. The standard InChI is InChI=1S/C16H16Cl3NO/c1-2-7-20-10-11-3-4-13(18)9-16(11)21-15-6-5-12(17)8-14(15)19/h3-6,8-9,20H,2,7,10H2,1H3. The average molecular weight is 345 g/mol. The highest BCUT2D eigenvalue weighted by molar-refractivity contribution is 6.35. The Morgan fingerprint density at radius 3 is 2.38 bits per heavy atom. The van der Waals surface area contributed by atoms with Crippen molar-refractivity contribution in [2.45, 2.75) is 19.9 Å². The molecule has 0 radical (unpaired) electrons. The molecular weight excluding hydrogens is 329 g/mol. The van der Waals surface area contributed by atoms with Crippen LogP contribution in [0, 0.1) is 0 Å². The van der Waals surface area contributed by atoms with E-state index in [1.165, 1.54) is 0 Å². The summed E-state index contributed by atoms with van der Waals surface area (Å²) in [6, 6.07) is 10.7. The molecule has 2 nitrogen and oxygen atoms in total. The molecule has 2 aromatic rings. The van der Waals surface area contributed by atoms with Gasteiger partial charge in [-0.05, 0) is 43.3 Å². The molecule has 0 heterocycles. The molecule has 0 aliphatic rings. The fourth-order valence-corrected chi connectivity index (χ4v) is 2.45. The van der Waals surface area contributed by atoms with Crippen molar-refractivity contribution in [3.8, 4) is 11.5 Å². The predicted molar refractivity (Wildman–Crippen MR) is 90.0 cm³/mol. The monoisotopic (exact) mass is 343 g/mol. The van der Waals surface area contributed by atoms with Crippen molar-refractivity contribution < 1.29 is 4.74 Å². The first-order valence-corrected chi connectivity index (χ1v) is 7.85. The second kappa shape index (κ2) is 7.90. The Balaban J connectivity index is 2.22. The maximum absolute atomic E-state index is 6.14. The van der Waals surface area contributed by atoms with Crippen LogP contribution in [0.4, 0.5) is 0 Å². The maximum atomic E-state index is 6.14. The third kappa shape index (κ3) is 4.79. The summed E-state index contributed by atoms with van der Waals surface area (Å²) in [6.45, 7) is 3.79. The van der Waals surface area contributed by atoms with Gasteiger partial charge in [-0.25, -0.2) is 0 Å². The SMILES string of the molecule is CCCNCc1ccc(Cl)cc1Oc1ccc(Cl)cc1Cl. The van der Waals surface area contributed by atoms with E-state index in [0.29, 0.717) is 33.1 Å². The normalized spacial score (nSPS) is 10.7. The molecule has 2 aromatic carbocycles. The zero-order valence-corrected chi connectivity index (χ0v) is 13.9. The van der Waals surface area contributed by atoms with Gasteiger partial charge in [-0.15, -0.1) is 0 Å². The van der Waals surface area contributed by atoms with Gasteiger partial charge in [-0.3, -0.25) is 0 Å². The van der Waals surface area contributed by atoms with Gasteiger partial charge in [0.1, 0.15) is 11.5 Å². The Labute approximate surface area is 140 Å². The maximum Gasteiger partial charge on any atom is 0.146 e. The number of halogens is 3. The van der Waals surface area contributed by atoms with Crippen molar-refractivity contribution >= 4 is 34.8 Å². The van der Waals surface area contributed by atoms with Crippen LogP contribution in [0.5, 0.6) is 11.5 Å². The van der Waals surface area contributed by atoms with Crippen molar-refractivity contribution in [2.24, 2.45) is 0 Å². The molecule has 0 bridgehead atoms. The van der Waals surface area contributed by atoms with Crippen LogP contribution in [0.2, 0.25) is 15.1 Å². The highest BCUT2D eigenvalue weighted by Crippen LogP contribution is 2.34. The summed E-state index contributed by atoms with van der Waals surface area (Å²) in [6.07, 6.45) is 1.08. The van der Waals surface area contributed by atoms with E-state index in [-0.39, 0.29) is 0 Å². The van der Waals surface area contributed by atoms with E-state index in [9.17, 15) is 0 Å². The van der Waals surface area contributed by atoms with Crippen molar-refractivity contribution in [1.29, 1.82) is 0 Å². The van der Waals surface area contributed by atoms with Crippen molar-refractivity contribution in [3.63, 3.8) is 0 Å². The molecule has 0 fully saturated rings. The second-order valence-corrected chi connectivity index (χ2v) is 5.89. The zero-order valence-electron chi connectivity index (χ0n) is 11.6. The van der Waals surface area contributed by atoms with E-state index < -0.39 is 0 Å². The number of hydrogen-bond acceptors (Lipinski definition) is 2. The molecule has 0 aliphatic carbocycles. The van der Waals surface area contributed by atoms with Gasteiger partial charge >= 0.3 is 0 Å². The molecule has 2 rings (SSSR count). The van der Waals surface area contributed by atoms with Crippen LogP contribution in [-0.2, 0) is 6.54 Å². The summed E-state index contributed by atoms with van der Waals surface area (Å²) in [5.74, 6) is 1.25. The highest BCUT2D eigenvalue weighted by Gasteiger charge is 2.09. The van der Waals surface area contributed by atoms with Gasteiger partial charge in [0, 0.05) is 22.2 Å². The molecular formula is C16H16Cl3NO. The van der Waals surface area contributed by atoms with Gasteiger partial charge in [0.05, 0.1) is 5.02 Å². The quantitative estimate of drug-likeness (QED) is 0.655. The Hall–Kier alpha value is -0.930. The molecule has 0 saturated carbocycles. The molecule has 21 heavy (non-hydrogen) atoms. The molecule has 112 valence electrons. The fraction of sp³-hybridized carbons (Fsp3) is 0.250. The van der Waals surface area contributed by atoms with Crippen LogP contribution in [0.3, 0.4) is 0 Å². The number of rotatable bonds is 6. The van der Waals surface area contributed by atoms with Crippen LogP contribution in [0.15, 0.2) is 36.4 Å². The number of ether oxygens (including phenoxy) is 1. The van der Waals surface area contributed by atoms with Gasteiger partial charge in [-0.2, -0.15) is 0 Å². The zero-order chi connectivity index (χ0) is 15.2. The van der Waals surface area contributed by atoms with E-state index in [2.05, 4.69) is 12.2 Å². The lowest BCUT2D eigenvalue weighted by atomic mass is 10.2. The first-order valence-electron chi connectivity index (χ1n) is 6.72. The minimum absolute atomic E-state index is 0.468. The lowest BCUT2D eigenvalue weighted by Crippen LogP contribution is -2.14. The van der Waals surface area contributed by atoms with E-state index in [1.807, 2.05) is 12.1 Å². The average Bonchev–Trinajstić information content (AvgIpc) is 2.44. The summed E-state index contributed by atoms with van der Waals surface area (Å²) < 4.78 is 5.89. The largest absolute Gasteiger partial charge is 0.455 e. The topological polar surface area (TPSA) is 21.3 Å². The summed E-state index contributed by atoms with van der Waals surface area (Å²) in [4.78, 5) is 0. The molecule has 1 N–H and O–H groups in total. The van der Waals surface area contributed by atoms with Gasteiger partial charge in [0.15, 0.2) is 0 Å². The number of nitrogens with one attached hydrogen (secondary N) is 1. The summed E-state index contributed by atoms with van der Waals surface area (Å²) >= 11 is 18.1. The van der Waals surface area contributed by atoms with Crippen molar-refractivity contribution in [2.75, 3.05) is 6.54 Å². The van der Waals surface area contributed by atoms with Crippen LogP contribution in [-0.4, -0.2) is 6.54 Å². The van der Waals surface area contributed by atoms with Gasteiger partial charge < -0.3 is 10.1 Å². The third-order valence-electron chi connectivity index (χ3n) is 2.89. The lowest BCUT2D eigenvalue weighted by molar-refractivity contribution is 0.473. The molecule has 0 spiro atoms. The van der Waals surface area contributed by atoms with Crippen LogP contribution < -0.4 is 10.1 Å². The summed E-state index contributed by atoms with van der Waals surface area (Å²) in [5, 5.41) is 5.00. The molecule has 0 aliphatic heterocycles. The first-order chi connectivity index (χ1) is 10.1. The Morgan fingerprint density at radius 2 is 1.67 bits per heavy atom. The van der Waals surface area contributed by atoms with E-state index >= 15 is 0 Å². The Morgan fingerprint density at radius 1 is 0.952 bits per heavy atom. The second-order valence-electron chi connectivity index (χ2n) is 4.61. The predicted octanol–water partition coefficient (Wildman–Crippen LogP) is 5.94. The van der Waals surface area contributed by atoms with Crippen molar-refractivity contribution in [1.82, 2.24) is 5.32 Å². The van der Waals surface area contributed by atoms with E-state index in [1.54, 1.807) is 24.3 Å². The van der Waals surface area contributed by atoms with Crippen LogP contribution in [0.25, 0.3) is 0 Å². The first kappa shape index (κ1) is 16.4. The van der Waals surface area contributed by atoms with Gasteiger partial charge in [-0.1, -0.05) is 47.8 Å².